The van der Waals surface area contributed by atoms with Crippen LogP contribution in [0.4, 0.5) is 0 Å². The second-order valence-corrected chi connectivity index (χ2v) is 5.03. The van der Waals surface area contributed by atoms with Crippen LogP contribution in [0.1, 0.15) is 12.5 Å². The second kappa shape index (κ2) is 6.41. The van der Waals surface area contributed by atoms with Gasteiger partial charge in [-0.1, -0.05) is 28.1 Å². The predicted molar refractivity (Wildman–Crippen MR) is 70.3 cm³/mol. The minimum atomic E-state index is -0.133. The van der Waals surface area contributed by atoms with Crippen molar-refractivity contribution in [3.63, 3.8) is 0 Å². The van der Waals surface area contributed by atoms with Gasteiger partial charge in [-0.25, -0.2) is 0 Å². The third kappa shape index (κ3) is 4.58. The van der Waals surface area contributed by atoms with Gasteiger partial charge in [0.15, 0.2) is 0 Å². The minimum absolute atomic E-state index is 0.0326. The van der Waals surface area contributed by atoms with Crippen LogP contribution in [0, 0.1) is 17.2 Å². The number of benzene rings is 1. The molecule has 1 unspecified atom stereocenters. The lowest BCUT2D eigenvalue weighted by Gasteiger charge is -2.18. The average molecular weight is 295 g/mol. The molecule has 0 heterocycles. The van der Waals surface area contributed by atoms with Crippen LogP contribution in [0.15, 0.2) is 28.7 Å². The molecule has 0 radical (unpaired) electrons. The monoisotopic (exact) mass is 294 g/mol. The lowest BCUT2D eigenvalue weighted by Crippen LogP contribution is -2.31. The van der Waals surface area contributed by atoms with Crippen molar-refractivity contribution in [1.29, 1.82) is 5.26 Å². The molecule has 3 nitrogen and oxygen atoms in total. The number of nitrogens with zero attached hydrogens (tertiary/aromatic N) is 2. The van der Waals surface area contributed by atoms with E-state index < -0.39 is 0 Å². The summed E-state index contributed by atoms with van der Waals surface area (Å²) in [6, 6.07) is 9.81. The highest BCUT2D eigenvalue weighted by Crippen LogP contribution is 2.12. The molecule has 0 aromatic heterocycles. The zero-order valence-corrected chi connectivity index (χ0v) is 11.6. The number of likely N-dealkylation sites (N-methyl/N-ethyl adjacent to an activating group) is 1. The Kier molecular flexibility index (Phi) is 5.17. The molecule has 1 aromatic rings. The van der Waals surface area contributed by atoms with Crippen molar-refractivity contribution in [3.05, 3.63) is 34.3 Å². The van der Waals surface area contributed by atoms with Gasteiger partial charge in [-0.2, -0.15) is 5.26 Å². The zero-order valence-electron chi connectivity index (χ0n) is 9.98. The lowest BCUT2D eigenvalue weighted by molar-refractivity contribution is -0.129. The van der Waals surface area contributed by atoms with Gasteiger partial charge in [0.25, 0.3) is 0 Å². The largest absolute Gasteiger partial charge is 0.344 e. The van der Waals surface area contributed by atoms with Gasteiger partial charge in [0, 0.05) is 18.1 Å². The number of amides is 1. The molecule has 0 spiro atoms. The van der Waals surface area contributed by atoms with E-state index in [-0.39, 0.29) is 11.8 Å². The topological polar surface area (TPSA) is 44.1 Å². The first-order chi connectivity index (χ1) is 8.02. The fraction of sp³-hybridized carbons (Fsp3) is 0.385. The van der Waals surface area contributed by atoms with Gasteiger partial charge in [0.1, 0.15) is 0 Å². The molecule has 0 aliphatic heterocycles. The molecule has 0 saturated carbocycles. The van der Waals surface area contributed by atoms with E-state index >= 15 is 0 Å². The Morgan fingerprint density at radius 1 is 1.59 bits per heavy atom. The number of halogens is 1. The summed E-state index contributed by atoms with van der Waals surface area (Å²) in [4.78, 5) is 13.5. The van der Waals surface area contributed by atoms with E-state index in [0.717, 1.165) is 10.0 Å². The summed E-state index contributed by atoms with van der Waals surface area (Å²) in [5.74, 6) is -0.100. The summed E-state index contributed by atoms with van der Waals surface area (Å²) in [5.41, 5.74) is 0.973. The van der Waals surface area contributed by atoms with Gasteiger partial charge in [-0.05, 0) is 24.6 Å². The number of nitriles is 1. The number of hydrogen-bond donors (Lipinski definition) is 0. The van der Waals surface area contributed by atoms with E-state index in [1.807, 2.05) is 31.2 Å². The fourth-order valence-corrected chi connectivity index (χ4v) is 1.96. The molecule has 0 fully saturated rings. The molecule has 17 heavy (non-hydrogen) atoms. The fourth-order valence-electron chi connectivity index (χ4n) is 1.51. The molecular weight excluding hydrogens is 280 g/mol. The zero-order chi connectivity index (χ0) is 12.8. The summed E-state index contributed by atoms with van der Waals surface area (Å²) < 4.78 is 0.968. The van der Waals surface area contributed by atoms with Crippen LogP contribution < -0.4 is 0 Å². The molecule has 0 aliphatic rings. The maximum atomic E-state index is 11.9. The molecule has 0 aliphatic carbocycles. The molecule has 90 valence electrons. The number of carbonyl (C=O) groups is 1. The van der Waals surface area contributed by atoms with Gasteiger partial charge in [-0.3, -0.25) is 4.79 Å². The van der Waals surface area contributed by atoms with E-state index in [0.29, 0.717) is 13.0 Å². The normalized spacial score (nSPS) is 11.6. The Morgan fingerprint density at radius 3 is 2.88 bits per heavy atom. The first-order valence-electron chi connectivity index (χ1n) is 5.41. The first kappa shape index (κ1) is 13.7. The van der Waals surface area contributed by atoms with Gasteiger partial charge in [0.05, 0.1) is 18.4 Å². The van der Waals surface area contributed by atoms with Crippen LogP contribution in [-0.2, 0) is 11.2 Å². The highest BCUT2D eigenvalue weighted by Gasteiger charge is 2.12. The van der Waals surface area contributed by atoms with Crippen molar-refractivity contribution in [2.45, 2.75) is 13.3 Å². The highest BCUT2D eigenvalue weighted by molar-refractivity contribution is 9.10. The first-order valence-corrected chi connectivity index (χ1v) is 6.20. The van der Waals surface area contributed by atoms with E-state index in [9.17, 15) is 4.79 Å². The molecule has 0 saturated heterocycles. The van der Waals surface area contributed by atoms with Crippen LogP contribution in [0.25, 0.3) is 0 Å². The summed E-state index contributed by atoms with van der Waals surface area (Å²) in [6.07, 6.45) is 0.369. The SMILES string of the molecule is CC(C#N)CN(C)C(=O)Cc1cccc(Br)c1. The van der Waals surface area contributed by atoms with Crippen LogP contribution in [-0.4, -0.2) is 24.4 Å². The third-order valence-corrected chi connectivity index (χ3v) is 2.93. The molecule has 1 rings (SSSR count). The standard InChI is InChI=1S/C13H15BrN2O/c1-10(8-15)9-16(2)13(17)7-11-4-3-5-12(14)6-11/h3-6,10H,7,9H2,1-2H3. The Bertz CT molecular complexity index is 439. The van der Waals surface area contributed by atoms with Crippen LogP contribution >= 0.6 is 15.9 Å². The smallest absolute Gasteiger partial charge is 0.226 e. The summed E-state index contributed by atoms with van der Waals surface area (Å²) in [6.45, 7) is 2.28. The predicted octanol–water partition coefficient (Wildman–Crippen LogP) is 2.61. The van der Waals surface area contributed by atoms with Crippen molar-refractivity contribution in [3.8, 4) is 6.07 Å². The van der Waals surface area contributed by atoms with Crippen molar-refractivity contribution in [2.75, 3.05) is 13.6 Å². The van der Waals surface area contributed by atoms with E-state index in [1.54, 1.807) is 11.9 Å². The highest BCUT2D eigenvalue weighted by atomic mass is 79.9. The molecule has 0 N–H and O–H groups in total. The Morgan fingerprint density at radius 2 is 2.29 bits per heavy atom. The Labute approximate surface area is 110 Å². The quantitative estimate of drug-likeness (QED) is 0.857. The second-order valence-electron chi connectivity index (χ2n) is 4.11. The van der Waals surface area contributed by atoms with Gasteiger partial charge >= 0.3 is 0 Å². The van der Waals surface area contributed by atoms with E-state index in [1.165, 1.54) is 0 Å². The number of carbonyl (C=O) groups excluding carboxylic acids is 1. The lowest BCUT2D eigenvalue weighted by atomic mass is 10.1. The van der Waals surface area contributed by atoms with Gasteiger partial charge in [0.2, 0.25) is 5.91 Å². The van der Waals surface area contributed by atoms with Crippen molar-refractivity contribution in [1.82, 2.24) is 4.90 Å². The van der Waals surface area contributed by atoms with Crippen molar-refractivity contribution < 1.29 is 4.79 Å². The van der Waals surface area contributed by atoms with Crippen molar-refractivity contribution in [2.24, 2.45) is 5.92 Å². The van der Waals surface area contributed by atoms with Crippen LogP contribution in [0.2, 0.25) is 0 Å². The molecule has 1 atom stereocenters. The van der Waals surface area contributed by atoms with Crippen LogP contribution in [0.3, 0.4) is 0 Å². The number of hydrogen-bond acceptors (Lipinski definition) is 2. The Hall–Kier alpha value is -1.34. The minimum Gasteiger partial charge on any atom is -0.344 e. The summed E-state index contributed by atoms with van der Waals surface area (Å²) >= 11 is 3.37. The third-order valence-electron chi connectivity index (χ3n) is 2.44. The van der Waals surface area contributed by atoms with E-state index in [2.05, 4.69) is 22.0 Å². The molecule has 4 heteroatoms. The van der Waals surface area contributed by atoms with Crippen LogP contribution in [0.5, 0.6) is 0 Å². The maximum Gasteiger partial charge on any atom is 0.226 e. The molecular formula is C13H15BrN2O. The average Bonchev–Trinajstić information content (AvgIpc) is 2.28. The summed E-state index contributed by atoms with van der Waals surface area (Å²) in [7, 11) is 1.73. The van der Waals surface area contributed by atoms with Crippen molar-refractivity contribution >= 4 is 21.8 Å². The van der Waals surface area contributed by atoms with Gasteiger partial charge < -0.3 is 4.90 Å². The Balaban J connectivity index is 2.58. The van der Waals surface area contributed by atoms with E-state index in [4.69, 9.17) is 5.26 Å². The summed E-state index contributed by atoms with van der Waals surface area (Å²) in [5, 5.41) is 8.70. The molecule has 0 bridgehead atoms. The molecule has 1 amide bonds. The number of rotatable bonds is 4. The van der Waals surface area contributed by atoms with Gasteiger partial charge in [-0.15, -0.1) is 0 Å². The maximum absolute atomic E-state index is 11.9. The molecule has 1 aromatic carbocycles.